The van der Waals surface area contributed by atoms with E-state index in [-0.39, 0.29) is 31.3 Å². The van der Waals surface area contributed by atoms with Gasteiger partial charge in [0.1, 0.15) is 0 Å². The maximum atomic E-state index is 12.4. The number of carbonyl (C=O) groups excluding carboxylic acids is 2. The maximum Gasteiger partial charge on any atom is 0.379 e. The lowest BCUT2D eigenvalue weighted by Gasteiger charge is -2.34. The second kappa shape index (κ2) is 10.1. The third kappa shape index (κ3) is 5.82. The third-order valence-electron chi connectivity index (χ3n) is 4.34. The second-order valence-electron chi connectivity index (χ2n) is 6.62. The average Bonchev–Trinajstić information content (AvgIpc) is 2.68. The van der Waals surface area contributed by atoms with E-state index in [9.17, 15) is 14.7 Å². The van der Waals surface area contributed by atoms with Crippen molar-refractivity contribution in [2.75, 3.05) is 13.2 Å². The van der Waals surface area contributed by atoms with Crippen LogP contribution in [0, 0.1) is 0 Å². The van der Waals surface area contributed by atoms with E-state index in [0.717, 1.165) is 24.8 Å². The van der Waals surface area contributed by atoms with Crippen molar-refractivity contribution >= 4 is 11.9 Å². The zero-order chi connectivity index (χ0) is 19.7. The topological polar surface area (TPSA) is 82.1 Å². The first-order valence-electron chi connectivity index (χ1n) is 9.52. The predicted octanol–water partition coefficient (Wildman–Crippen LogP) is 3.45. The molecule has 1 aliphatic heterocycles. The molecule has 0 aromatic heterocycles. The fourth-order valence-electron chi connectivity index (χ4n) is 2.75. The summed E-state index contributed by atoms with van der Waals surface area (Å²) in [5.41, 5.74) is 0.861. The van der Waals surface area contributed by atoms with E-state index in [1.165, 1.54) is 0 Å². The summed E-state index contributed by atoms with van der Waals surface area (Å²) in [4.78, 5) is 24.8. The van der Waals surface area contributed by atoms with E-state index < -0.39 is 17.7 Å². The largest absolute Gasteiger partial charge is 0.461 e. The maximum absolute atomic E-state index is 12.4. The minimum Gasteiger partial charge on any atom is -0.461 e. The molecule has 1 N–H and O–H groups in total. The van der Waals surface area contributed by atoms with E-state index in [0.29, 0.717) is 6.42 Å². The molecule has 2 rings (SSSR count). The number of carbonyl (C=O) groups is 2. The van der Waals surface area contributed by atoms with Gasteiger partial charge in [0.2, 0.25) is 5.76 Å². The van der Waals surface area contributed by atoms with E-state index in [1.54, 1.807) is 6.08 Å². The summed E-state index contributed by atoms with van der Waals surface area (Å²) < 4.78 is 15.7. The van der Waals surface area contributed by atoms with Gasteiger partial charge in [-0.1, -0.05) is 57.0 Å². The van der Waals surface area contributed by atoms with Crippen LogP contribution in [0.2, 0.25) is 0 Å². The average molecular weight is 376 g/mol. The van der Waals surface area contributed by atoms with Gasteiger partial charge in [0.15, 0.2) is 0 Å². The number of rotatable bonds is 9. The Morgan fingerprint density at radius 3 is 2.37 bits per heavy atom. The highest BCUT2D eigenvalue weighted by atomic mass is 16.7. The highest BCUT2D eigenvalue weighted by Gasteiger charge is 2.47. The highest BCUT2D eigenvalue weighted by Crippen LogP contribution is 2.36. The van der Waals surface area contributed by atoms with Crippen molar-refractivity contribution < 1.29 is 28.9 Å². The van der Waals surface area contributed by atoms with E-state index >= 15 is 0 Å². The number of ether oxygens (including phenoxy) is 3. The van der Waals surface area contributed by atoms with E-state index in [4.69, 9.17) is 14.2 Å². The van der Waals surface area contributed by atoms with Gasteiger partial charge in [0.05, 0.1) is 13.2 Å². The molecule has 148 valence electrons. The lowest BCUT2D eigenvalue weighted by molar-refractivity contribution is -0.224. The highest BCUT2D eigenvalue weighted by molar-refractivity contribution is 5.88. The van der Waals surface area contributed by atoms with Crippen molar-refractivity contribution in [3.05, 3.63) is 47.7 Å². The molecule has 0 fully saturated rings. The van der Waals surface area contributed by atoms with Gasteiger partial charge in [0, 0.05) is 12.3 Å². The van der Waals surface area contributed by atoms with Gasteiger partial charge < -0.3 is 19.3 Å². The minimum absolute atomic E-state index is 0.0340. The van der Waals surface area contributed by atoms with Crippen LogP contribution >= 0.6 is 0 Å². The van der Waals surface area contributed by atoms with Gasteiger partial charge in [-0.2, -0.15) is 0 Å². The Labute approximate surface area is 160 Å². The Hall–Kier alpha value is -2.34. The van der Waals surface area contributed by atoms with Crippen LogP contribution in [0.3, 0.4) is 0 Å². The molecule has 1 heterocycles. The molecule has 0 radical (unpaired) electrons. The smallest absolute Gasteiger partial charge is 0.379 e. The van der Waals surface area contributed by atoms with Crippen LogP contribution in [0.4, 0.5) is 0 Å². The summed E-state index contributed by atoms with van der Waals surface area (Å²) in [7, 11) is 0. The zero-order valence-electron chi connectivity index (χ0n) is 16.0. The Bertz CT molecular complexity index is 654. The van der Waals surface area contributed by atoms with Crippen LogP contribution in [0.1, 0.15) is 57.4 Å². The monoisotopic (exact) mass is 376 g/mol. The number of unbranched alkanes of at least 4 members (excludes halogenated alkanes) is 2. The predicted molar refractivity (Wildman–Crippen MR) is 99.7 cm³/mol. The number of esters is 2. The molecule has 1 aromatic rings. The zero-order valence-corrected chi connectivity index (χ0v) is 16.0. The van der Waals surface area contributed by atoms with Crippen molar-refractivity contribution in [1.29, 1.82) is 0 Å². The molecule has 1 aliphatic rings. The van der Waals surface area contributed by atoms with Crippen molar-refractivity contribution in [3.63, 3.8) is 0 Å². The van der Waals surface area contributed by atoms with Gasteiger partial charge in [-0.05, 0) is 24.5 Å². The molecule has 1 aromatic carbocycles. The van der Waals surface area contributed by atoms with E-state index in [1.807, 2.05) is 44.2 Å². The lowest BCUT2D eigenvalue weighted by atomic mass is 9.89. The molecule has 0 spiro atoms. The number of hydrogen-bond donors (Lipinski definition) is 1. The quantitative estimate of drug-likeness (QED) is 0.525. The Morgan fingerprint density at radius 1 is 1.11 bits per heavy atom. The van der Waals surface area contributed by atoms with Crippen LogP contribution in [0.15, 0.2) is 42.2 Å². The summed E-state index contributed by atoms with van der Waals surface area (Å²) in [5.74, 6) is -4.34. The minimum atomic E-state index is -2.22. The summed E-state index contributed by atoms with van der Waals surface area (Å²) in [5, 5.41) is 10.8. The molecule has 0 aliphatic carbocycles. The van der Waals surface area contributed by atoms with Gasteiger partial charge in [-0.15, -0.1) is 0 Å². The SMILES string of the molecule is CCCCOC(=O)C1=C[C@@H](c2ccccc2)CC(O)(C(=O)OCCCC)O1. The summed E-state index contributed by atoms with van der Waals surface area (Å²) in [6, 6.07) is 9.33. The normalized spacial score (nSPS) is 21.7. The number of allylic oxidation sites excluding steroid dienone is 1. The fraction of sp³-hybridized carbons (Fsp3) is 0.524. The summed E-state index contributed by atoms with van der Waals surface area (Å²) in [6.45, 7) is 4.40. The van der Waals surface area contributed by atoms with Crippen LogP contribution in [0.25, 0.3) is 0 Å². The molecule has 27 heavy (non-hydrogen) atoms. The standard InChI is InChI=1S/C21H28O6/c1-3-5-12-25-19(22)18-14-17(16-10-8-7-9-11-16)15-21(24,27-18)20(23)26-13-6-4-2/h7-11,14,17,24H,3-6,12-13,15H2,1-2H3/t17-,21?/m1/s1. The van der Waals surface area contributed by atoms with Crippen molar-refractivity contribution in [2.24, 2.45) is 0 Å². The van der Waals surface area contributed by atoms with Crippen LogP contribution in [-0.4, -0.2) is 36.0 Å². The van der Waals surface area contributed by atoms with Gasteiger partial charge in [-0.25, -0.2) is 9.59 Å². The Balaban J connectivity index is 2.21. The molecule has 0 saturated carbocycles. The molecular weight excluding hydrogens is 348 g/mol. The van der Waals surface area contributed by atoms with Crippen molar-refractivity contribution in [1.82, 2.24) is 0 Å². The van der Waals surface area contributed by atoms with Gasteiger partial charge >= 0.3 is 17.7 Å². The summed E-state index contributed by atoms with van der Waals surface area (Å²) in [6.07, 6.45) is 4.71. The molecular formula is C21H28O6. The number of benzene rings is 1. The molecule has 0 bridgehead atoms. The molecule has 0 saturated heterocycles. The second-order valence-corrected chi connectivity index (χ2v) is 6.62. The molecule has 6 heteroatoms. The molecule has 1 unspecified atom stereocenters. The van der Waals surface area contributed by atoms with Crippen molar-refractivity contribution in [3.8, 4) is 0 Å². The lowest BCUT2D eigenvalue weighted by Crippen LogP contribution is -2.47. The first-order valence-corrected chi connectivity index (χ1v) is 9.52. The van der Waals surface area contributed by atoms with Crippen LogP contribution < -0.4 is 0 Å². The van der Waals surface area contributed by atoms with Crippen LogP contribution in [-0.2, 0) is 23.8 Å². The molecule has 6 nitrogen and oxygen atoms in total. The summed E-state index contributed by atoms with van der Waals surface area (Å²) >= 11 is 0. The van der Waals surface area contributed by atoms with Gasteiger partial charge in [-0.3, -0.25) is 0 Å². The fourth-order valence-corrected chi connectivity index (χ4v) is 2.75. The number of aliphatic hydroxyl groups is 1. The molecule has 2 atom stereocenters. The van der Waals surface area contributed by atoms with Crippen LogP contribution in [0.5, 0.6) is 0 Å². The van der Waals surface area contributed by atoms with E-state index in [2.05, 4.69) is 0 Å². The van der Waals surface area contributed by atoms with Crippen molar-refractivity contribution in [2.45, 2.75) is 57.7 Å². The first-order chi connectivity index (χ1) is 13.0. The first kappa shape index (κ1) is 21.0. The Morgan fingerprint density at radius 2 is 1.74 bits per heavy atom. The number of hydrogen-bond acceptors (Lipinski definition) is 6. The third-order valence-corrected chi connectivity index (χ3v) is 4.34. The molecule has 0 amide bonds. The van der Waals surface area contributed by atoms with Gasteiger partial charge in [0.25, 0.3) is 0 Å². The Kier molecular flexibility index (Phi) is 7.85.